The van der Waals surface area contributed by atoms with Gasteiger partial charge in [0.2, 0.25) is 0 Å². The summed E-state index contributed by atoms with van der Waals surface area (Å²) in [7, 11) is 1.43. The molecule has 0 saturated heterocycles. The first-order chi connectivity index (χ1) is 13.8. The molecule has 2 aromatic rings. The SMILES string of the molecule is CCCCOc1cc(N=NNc2ccc(F)c(C(F)(F)F)c2)c(C#N)cc1OC. The molecular formula is C19H18F4N4O2. The smallest absolute Gasteiger partial charge is 0.419 e. The van der Waals surface area contributed by atoms with Crippen molar-refractivity contribution in [3.63, 3.8) is 0 Å². The van der Waals surface area contributed by atoms with Crippen molar-refractivity contribution < 1.29 is 27.0 Å². The van der Waals surface area contributed by atoms with Crippen LogP contribution in [0, 0.1) is 17.1 Å². The zero-order chi connectivity index (χ0) is 21.4. The topological polar surface area (TPSA) is 79.0 Å². The Kier molecular flexibility index (Phi) is 7.36. The van der Waals surface area contributed by atoms with Gasteiger partial charge in [-0.2, -0.15) is 18.4 Å². The summed E-state index contributed by atoms with van der Waals surface area (Å²) in [6.07, 6.45) is -3.10. The highest BCUT2D eigenvalue weighted by Crippen LogP contribution is 2.36. The van der Waals surface area contributed by atoms with Crippen molar-refractivity contribution in [3.05, 3.63) is 47.3 Å². The van der Waals surface area contributed by atoms with Crippen molar-refractivity contribution >= 4 is 11.4 Å². The number of unbranched alkanes of at least 4 members (excludes halogenated alkanes) is 1. The van der Waals surface area contributed by atoms with Crippen LogP contribution in [0.4, 0.5) is 28.9 Å². The van der Waals surface area contributed by atoms with Gasteiger partial charge in [-0.25, -0.2) is 4.39 Å². The standard InChI is InChI=1S/C19H18F4N4O2/c1-3-4-7-29-18-10-16(12(11-24)8-17(18)28-2)26-27-25-13-5-6-15(20)14(9-13)19(21,22)23/h5-6,8-10H,3-4,7H2,1-2H3,(H,25,26). The van der Waals surface area contributed by atoms with Gasteiger partial charge in [0.05, 0.1) is 30.5 Å². The fraction of sp³-hybridized carbons (Fsp3) is 0.316. The zero-order valence-corrected chi connectivity index (χ0v) is 15.7. The summed E-state index contributed by atoms with van der Waals surface area (Å²) in [6.45, 7) is 2.44. The molecular weight excluding hydrogens is 392 g/mol. The third kappa shape index (κ3) is 5.81. The van der Waals surface area contributed by atoms with Crippen LogP contribution >= 0.6 is 0 Å². The molecule has 1 N–H and O–H groups in total. The molecule has 0 atom stereocenters. The lowest BCUT2D eigenvalue weighted by atomic mass is 10.1. The molecule has 6 nitrogen and oxygen atoms in total. The number of nitriles is 1. The minimum absolute atomic E-state index is 0.117. The van der Waals surface area contributed by atoms with Crippen molar-refractivity contribution in [1.29, 1.82) is 5.26 Å². The maximum Gasteiger partial charge on any atom is 0.419 e. The Balaban J connectivity index is 2.25. The van der Waals surface area contributed by atoms with Crippen LogP contribution in [0.3, 0.4) is 0 Å². The van der Waals surface area contributed by atoms with Crippen LogP contribution in [0.5, 0.6) is 11.5 Å². The maximum atomic E-state index is 13.3. The largest absolute Gasteiger partial charge is 0.493 e. The maximum absolute atomic E-state index is 13.3. The van der Waals surface area contributed by atoms with Crippen molar-refractivity contribution in [2.45, 2.75) is 25.9 Å². The summed E-state index contributed by atoms with van der Waals surface area (Å²) in [5, 5.41) is 16.7. The predicted octanol–water partition coefficient (Wildman–Crippen LogP) is 6.01. The van der Waals surface area contributed by atoms with E-state index in [2.05, 4.69) is 15.8 Å². The molecule has 0 aliphatic rings. The van der Waals surface area contributed by atoms with E-state index in [9.17, 15) is 22.8 Å². The molecule has 29 heavy (non-hydrogen) atoms. The van der Waals surface area contributed by atoms with E-state index in [0.717, 1.165) is 18.9 Å². The highest BCUT2D eigenvalue weighted by Gasteiger charge is 2.34. The minimum atomic E-state index is -4.84. The lowest BCUT2D eigenvalue weighted by molar-refractivity contribution is -0.139. The van der Waals surface area contributed by atoms with Gasteiger partial charge in [0.25, 0.3) is 0 Å². The quantitative estimate of drug-likeness (QED) is 0.250. The summed E-state index contributed by atoms with van der Waals surface area (Å²) >= 11 is 0. The van der Waals surface area contributed by atoms with E-state index in [0.29, 0.717) is 30.2 Å². The summed E-state index contributed by atoms with van der Waals surface area (Å²) in [5.41, 5.74) is 1.01. The second-order valence-corrected chi connectivity index (χ2v) is 5.84. The molecule has 0 amide bonds. The van der Waals surface area contributed by atoms with Crippen LogP contribution in [-0.4, -0.2) is 13.7 Å². The Morgan fingerprint density at radius 1 is 1.17 bits per heavy atom. The van der Waals surface area contributed by atoms with Gasteiger partial charge in [0.1, 0.15) is 17.6 Å². The Bertz CT molecular complexity index is 924. The lowest BCUT2D eigenvalue weighted by Crippen LogP contribution is -2.08. The number of nitrogens with one attached hydrogen (secondary N) is 1. The van der Waals surface area contributed by atoms with Crippen LogP contribution < -0.4 is 14.9 Å². The van der Waals surface area contributed by atoms with E-state index in [4.69, 9.17) is 9.47 Å². The summed E-state index contributed by atoms with van der Waals surface area (Å²) in [5.74, 6) is -0.691. The second-order valence-electron chi connectivity index (χ2n) is 5.84. The van der Waals surface area contributed by atoms with Gasteiger partial charge >= 0.3 is 6.18 Å². The number of ether oxygens (including phenoxy) is 2. The minimum Gasteiger partial charge on any atom is -0.493 e. The number of methoxy groups -OCH3 is 1. The van der Waals surface area contributed by atoms with Crippen LogP contribution in [-0.2, 0) is 6.18 Å². The Hall–Kier alpha value is -3.35. The van der Waals surface area contributed by atoms with Crippen LogP contribution in [0.2, 0.25) is 0 Å². The first-order valence-electron chi connectivity index (χ1n) is 8.58. The van der Waals surface area contributed by atoms with Gasteiger partial charge in [0.15, 0.2) is 11.5 Å². The number of benzene rings is 2. The Morgan fingerprint density at radius 2 is 1.93 bits per heavy atom. The second kappa shape index (κ2) is 9.73. The van der Waals surface area contributed by atoms with Gasteiger partial charge in [-0.15, -0.1) is 5.11 Å². The van der Waals surface area contributed by atoms with E-state index < -0.39 is 17.6 Å². The van der Waals surface area contributed by atoms with E-state index >= 15 is 0 Å². The highest BCUT2D eigenvalue weighted by molar-refractivity contribution is 5.61. The molecule has 2 aromatic carbocycles. The molecule has 0 spiro atoms. The fourth-order valence-corrected chi connectivity index (χ4v) is 2.27. The molecule has 0 radical (unpaired) electrons. The number of anilines is 1. The van der Waals surface area contributed by atoms with E-state index in [1.54, 1.807) is 0 Å². The van der Waals surface area contributed by atoms with Gasteiger partial charge in [0, 0.05) is 12.1 Å². The molecule has 0 heterocycles. The van der Waals surface area contributed by atoms with Gasteiger partial charge < -0.3 is 9.47 Å². The number of halogens is 4. The lowest BCUT2D eigenvalue weighted by Gasteiger charge is -2.12. The van der Waals surface area contributed by atoms with Crippen molar-refractivity contribution in [2.24, 2.45) is 10.3 Å². The van der Waals surface area contributed by atoms with Crippen molar-refractivity contribution in [2.75, 3.05) is 19.1 Å². The molecule has 0 saturated carbocycles. The van der Waals surface area contributed by atoms with Gasteiger partial charge in [-0.05, 0) is 24.6 Å². The highest BCUT2D eigenvalue weighted by atomic mass is 19.4. The van der Waals surface area contributed by atoms with Crippen molar-refractivity contribution in [1.82, 2.24) is 0 Å². The molecule has 2 rings (SSSR count). The average molecular weight is 410 g/mol. The third-order valence-electron chi connectivity index (χ3n) is 3.77. The van der Waals surface area contributed by atoms with E-state index in [1.165, 1.54) is 19.2 Å². The van der Waals surface area contributed by atoms with Gasteiger partial charge in [-0.3, -0.25) is 5.43 Å². The number of alkyl halides is 3. The Labute approximate surface area is 164 Å². The van der Waals surface area contributed by atoms with Crippen LogP contribution in [0.1, 0.15) is 30.9 Å². The average Bonchev–Trinajstić information content (AvgIpc) is 2.68. The van der Waals surface area contributed by atoms with E-state index in [-0.39, 0.29) is 16.9 Å². The molecule has 0 aromatic heterocycles. The van der Waals surface area contributed by atoms with Crippen LogP contribution in [0.25, 0.3) is 0 Å². The molecule has 0 aliphatic heterocycles. The number of hydrogen-bond acceptors (Lipinski definition) is 5. The monoisotopic (exact) mass is 410 g/mol. The first-order valence-corrected chi connectivity index (χ1v) is 8.58. The molecule has 0 bridgehead atoms. The number of hydrogen-bond donors (Lipinski definition) is 1. The third-order valence-corrected chi connectivity index (χ3v) is 3.77. The Morgan fingerprint density at radius 3 is 2.55 bits per heavy atom. The van der Waals surface area contributed by atoms with Gasteiger partial charge in [-0.1, -0.05) is 18.6 Å². The fourth-order valence-electron chi connectivity index (χ4n) is 2.27. The predicted molar refractivity (Wildman–Crippen MR) is 97.7 cm³/mol. The first kappa shape index (κ1) is 21.9. The molecule has 10 heteroatoms. The zero-order valence-electron chi connectivity index (χ0n) is 15.7. The summed E-state index contributed by atoms with van der Waals surface area (Å²) < 4.78 is 62.5. The molecule has 154 valence electrons. The normalized spacial score (nSPS) is 11.3. The number of nitrogens with zero attached hydrogens (tertiary/aromatic N) is 3. The number of rotatable bonds is 8. The molecule has 0 aliphatic carbocycles. The van der Waals surface area contributed by atoms with Crippen molar-refractivity contribution in [3.8, 4) is 17.6 Å². The summed E-state index contributed by atoms with van der Waals surface area (Å²) in [4.78, 5) is 0. The van der Waals surface area contributed by atoms with Crippen LogP contribution in [0.15, 0.2) is 40.7 Å². The molecule has 0 unspecified atom stereocenters. The van der Waals surface area contributed by atoms with E-state index in [1.807, 2.05) is 13.0 Å². The molecule has 0 fully saturated rings. The summed E-state index contributed by atoms with van der Waals surface area (Å²) in [6, 6.07) is 7.15.